The highest BCUT2D eigenvalue weighted by Gasteiger charge is 2.15. The Morgan fingerprint density at radius 2 is 1.72 bits per heavy atom. The molecule has 6 heteroatoms. The molecule has 0 radical (unpaired) electrons. The van der Waals surface area contributed by atoms with Crippen molar-refractivity contribution in [3.8, 4) is 17.2 Å². The fraction of sp³-hybridized carbons (Fsp3) is 0. The van der Waals surface area contributed by atoms with E-state index in [1.807, 2.05) is 0 Å². The van der Waals surface area contributed by atoms with Crippen LogP contribution in [0.15, 0.2) is 30.3 Å². The molecule has 94 valence electrons. The predicted octanol–water partition coefficient (Wildman–Crippen LogP) is 4.77. The molecule has 1 N–H and O–H groups in total. The zero-order valence-corrected chi connectivity index (χ0v) is 10.3. The number of phenols is 1. The molecule has 2 rings (SSSR count). The fourth-order valence-corrected chi connectivity index (χ4v) is 1.60. The highest BCUT2D eigenvalue weighted by Crippen LogP contribution is 2.37. The lowest BCUT2D eigenvalue weighted by molar-refractivity contribution is 0.388. The number of hydrogen-bond donors (Lipinski definition) is 1. The van der Waals surface area contributed by atoms with Crippen molar-refractivity contribution in [3.05, 3.63) is 52.0 Å². The highest BCUT2D eigenvalue weighted by molar-refractivity contribution is 6.31. The molecule has 0 amide bonds. The minimum absolute atomic E-state index is 0.0814. The van der Waals surface area contributed by atoms with Gasteiger partial charge in [-0.3, -0.25) is 0 Å². The summed E-state index contributed by atoms with van der Waals surface area (Å²) >= 11 is 11.1. The molecule has 2 aromatic rings. The van der Waals surface area contributed by atoms with E-state index in [1.165, 1.54) is 18.2 Å². The maximum atomic E-state index is 13.6. The standard InChI is InChI=1S/C12H6Cl2F2O2/c13-7-2-4-10(17)12(11(7)16)18-6-1-3-9(15)8(14)5-6/h1-5,17H. The summed E-state index contributed by atoms with van der Waals surface area (Å²) in [4.78, 5) is 0. The molecule has 18 heavy (non-hydrogen) atoms. The van der Waals surface area contributed by atoms with Gasteiger partial charge in [0.25, 0.3) is 0 Å². The normalized spacial score (nSPS) is 10.4. The Morgan fingerprint density at radius 3 is 2.39 bits per heavy atom. The Labute approximate surface area is 111 Å². The highest BCUT2D eigenvalue weighted by atomic mass is 35.5. The molecule has 0 aliphatic rings. The van der Waals surface area contributed by atoms with Crippen molar-refractivity contribution in [1.82, 2.24) is 0 Å². The summed E-state index contributed by atoms with van der Waals surface area (Å²) < 4.78 is 31.6. The predicted molar refractivity (Wildman–Crippen MR) is 64.6 cm³/mol. The molecule has 0 saturated heterocycles. The van der Waals surface area contributed by atoms with Gasteiger partial charge in [0.1, 0.15) is 11.6 Å². The van der Waals surface area contributed by atoms with Crippen LogP contribution in [0.5, 0.6) is 17.2 Å². The zero-order valence-electron chi connectivity index (χ0n) is 8.75. The lowest BCUT2D eigenvalue weighted by Gasteiger charge is -2.09. The lowest BCUT2D eigenvalue weighted by Crippen LogP contribution is -1.90. The van der Waals surface area contributed by atoms with E-state index in [-0.39, 0.29) is 15.8 Å². The number of hydrogen-bond acceptors (Lipinski definition) is 2. The molecule has 0 aliphatic heterocycles. The average molecular weight is 291 g/mol. The number of aromatic hydroxyl groups is 1. The monoisotopic (exact) mass is 290 g/mol. The summed E-state index contributed by atoms with van der Waals surface area (Å²) in [7, 11) is 0. The van der Waals surface area contributed by atoms with Crippen molar-refractivity contribution >= 4 is 23.2 Å². The second-order valence-electron chi connectivity index (χ2n) is 3.39. The summed E-state index contributed by atoms with van der Waals surface area (Å²) in [5, 5.41) is 9.10. The molecule has 0 aromatic heterocycles. The van der Waals surface area contributed by atoms with Gasteiger partial charge in [-0.1, -0.05) is 23.2 Å². The lowest BCUT2D eigenvalue weighted by atomic mass is 10.3. The summed E-state index contributed by atoms with van der Waals surface area (Å²) in [6.07, 6.45) is 0. The molecule has 0 heterocycles. The number of ether oxygens (including phenoxy) is 1. The quantitative estimate of drug-likeness (QED) is 0.863. The third kappa shape index (κ3) is 2.49. The van der Waals surface area contributed by atoms with Crippen molar-refractivity contribution in [2.24, 2.45) is 0 Å². The Balaban J connectivity index is 2.39. The number of phenolic OH excluding ortho intramolecular Hbond substituents is 1. The first kappa shape index (κ1) is 12.9. The van der Waals surface area contributed by atoms with Crippen LogP contribution in [0, 0.1) is 11.6 Å². The van der Waals surface area contributed by atoms with Crippen molar-refractivity contribution in [1.29, 1.82) is 0 Å². The van der Waals surface area contributed by atoms with Crippen molar-refractivity contribution in [2.45, 2.75) is 0 Å². The van der Waals surface area contributed by atoms with Gasteiger partial charge in [-0.05, 0) is 24.3 Å². The Bertz CT molecular complexity index is 603. The SMILES string of the molecule is Oc1ccc(Cl)c(F)c1Oc1ccc(F)c(Cl)c1. The summed E-state index contributed by atoms with van der Waals surface area (Å²) in [5.74, 6) is -2.31. The average Bonchev–Trinajstić information content (AvgIpc) is 2.34. The first-order valence-electron chi connectivity index (χ1n) is 4.79. The topological polar surface area (TPSA) is 29.5 Å². The van der Waals surface area contributed by atoms with Gasteiger partial charge < -0.3 is 9.84 Å². The van der Waals surface area contributed by atoms with Gasteiger partial charge in [0.15, 0.2) is 11.6 Å². The second-order valence-corrected chi connectivity index (χ2v) is 4.20. The summed E-state index contributed by atoms with van der Waals surface area (Å²) in [5.41, 5.74) is 0. The molecule has 2 nitrogen and oxygen atoms in total. The zero-order chi connectivity index (χ0) is 13.3. The van der Waals surface area contributed by atoms with Gasteiger partial charge in [-0.25, -0.2) is 8.78 Å². The molecule has 0 saturated carbocycles. The van der Waals surface area contributed by atoms with Gasteiger partial charge >= 0.3 is 0 Å². The molecule has 0 fully saturated rings. The van der Waals surface area contributed by atoms with Crippen LogP contribution in [0.2, 0.25) is 10.0 Å². The molecule has 0 spiro atoms. The Hall–Kier alpha value is -1.52. The maximum absolute atomic E-state index is 13.6. The molecule has 0 unspecified atom stereocenters. The number of rotatable bonds is 2. The Morgan fingerprint density at radius 1 is 1.00 bits per heavy atom. The fourth-order valence-electron chi connectivity index (χ4n) is 1.28. The van der Waals surface area contributed by atoms with Crippen molar-refractivity contribution in [2.75, 3.05) is 0 Å². The molecule has 0 aliphatic carbocycles. The van der Waals surface area contributed by atoms with Crippen LogP contribution >= 0.6 is 23.2 Å². The van der Waals surface area contributed by atoms with Crippen molar-refractivity contribution in [3.63, 3.8) is 0 Å². The van der Waals surface area contributed by atoms with Crippen LogP contribution in [-0.4, -0.2) is 5.11 Å². The van der Waals surface area contributed by atoms with Crippen LogP contribution in [0.25, 0.3) is 0 Å². The molecular weight excluding hydrogens is 285 g/mol. The van der Waals surface area contributed by atoms with E-state index in [2.05, 4.69) is 0 Å². The third-order valence-electron chi connectivity index (χ3n) is 2.14. The first-order valence-corrected chi connectivity index (χ1v) is 5.54. The molecule has 0 bridgehead atoms. The maximum Gasteiger partial charge on any atom is 0.206 e. The Kier molecular flexibility index (Phi) is 3.59. The van der Waals surface area contributed by atoms with Crippen molar-refractivity contribution < 1.29 is 18.6 Å². The summed E-state index contributed by atoms with van der Waals surface area (Å²) in [6, 6.07) is 5.86. The van der Waals surface area contributed by atoms with Crippen LogP contribution in [-0.2, 0) is 0 Å². The summed E-state index contributed by atoms with van der Waals surface area (Å²) in [6.45, 7) is 0. The molecule has 2 aromatic carbocycles. The smallest absolute Gasteiger partial charge is 0.206 e. The minimum atomic E-state index is -0.905. The van der Waals surface area contributed by atoms with E-state index < -0.39 is 23.1 Å². The van der Waals surface area contributed by atoms with E-state index >= 15 is 0 Å². The molecular formula is C12H6Cl2F2O2. The minimum Gasteiger partial charge on any atom is -0.504 e. The van der Waals surface area contributed by atoms with E-state index in [0.29, 0.717) is 0 Å². The van der Waals surface area contributed by atoms with Gasteiger partial charge in [-0.2, -0.15) is 0 Å². The third-order valence-corrected chi connectivity index (χ3v) is 2.72. The van der Waals surface area contributed by atoms with Crippen LogP contribution in [0.3, 0.4) is 0 Å². The van der Waals surface area contributed by atoms with Crippen LogP contribution < -0.4 is 4.74 Å². The van der Waals surface area contributed by atoms with Gasteiger partial charge in [0.2, 0.25) is 5.75 Å². The van der Waals surface area contributed by atoms with Gasteiger partial charge in [0.05, 0.1) is 10.0 Å². The largest absolute Gasteiger partial charge is 0.504 e. The van der Waals surface area contributed by atoms with E-state index in [9.17, 15) is 13.9 Å². The van der Waals surface area contributed by atoms with Gasteiger partial charge in [-0.15, -0.1) is 0 Å². The van der Waals surface area contributed by atoms with Crippen LogP contribution in [0.4, 0.5) is 8.78 Å². The number of halogens is 4. The molecule has 0 atom stereocenters. The number of benzene rings is 2. The first-order chi connectivity index (χ1) is 8.49. The second kappa shape index (κ2) is 5.00. The van der Waals surface area contributed by atoms with E-state index in [1.54, 1.807) is 0 Å². The van der Waals surface area contributed by atoms with Crippen LogP contribution in [0.1, 0.15) is 0 Å². The van der Waals surface area contributed by atoms with E-state index in [4.69, 9.17) is 27.9 Å². The van der Waals surface area contributed by atoms with Gasteiger partial charge in [0, 0.05) is 6.07 Å². The van der Waals surface area contributed by atoms with E-state index in [0.717, 1.165) is 12.1 Å².